The fraction of sp³-hybridized carbons (Fsp3) is 0.636. The maximum atomic E-state index is 11.1. The molecule has 0 aliphatic carbocycles. The molecule has 0 atom stereocenters. The summed E-state index contributed by atoms with van der Waals surface area (Å²) in [6.45, 7) is 5.66. The van der Waals surface area contributed by atoms with Crippen LogP contribution in [0.2, 0.25) is 0 Å². The molecule has 16 heavy (non-hydrogen) atoms. The van der Waals surface area contributed by atoms with Gasteiger partial charge in [0.2, 0.25) is 5.91 Å². The molecule has 0 saturated carbocycles. The zero-order valence-corrected chi connectivity index (χ0v) is 10.2. The second kappa shape index (κ2) is 6.27. The summed E-state index contributed by atoms with van der Waals surface area (Å²) in [5.74, 6) is 0.0523. The van der Waals surface area contributed by atoms with Crippen LogP contribution in [0.3, 0.4) is 0 Å². The normalized spacial score (nSPS) is 10.8. The summed E-state index contributed by atoms with van der Waals surface area (Å²) < 4.78 is 2.00. The summed E-state index contributed by atoms with van der Waals surface area (Å²) in [5.41, 5.74) is 1.11. The molecule has 5 heteroatoms. The van der Waals surface area contributed by atoms with Crippen molar-refractivity contribution in [3.63, 3.8) is 0 Å². The van der Waals surface area contributed by atoms with Crippen molar-refractivity contribution in [3.8, 4) is 0 Å². The third-order valence-electron chi connectivity index (χ3n) is 2.35. The fourth-order valence-electron chi connectivity index (χ4n) is 1.35. The molecular formula is C11H20N4O. The van der Waals surface area contributed by atoms with Crippen LogP contribution in [0.25, 0.3) is 0 Å². The van der Waals surface area contributed by atoms with Crippen LogP contribution in [-0.2, 0) is 17.9 Å². The Morgan fingerprint density at radius 2 is 2.31 bits per heavy atom. The first-order chi connectivity index (χ1) is 7.63. The molecule has 0 saturated heterocycles. The van der Waals surface area contributed by atoms with Gasteiger partial charge in [0.1, 0.15) is 0 Å². The minimum Gasteiger partial charge on any atom is -0.359 e. The van der Waals surface area contributed by atoms with E-state index in [0.717, 1.165) is 12.2 Å². The van der Waals surface area contributed by atoms with E-state index in [1.54, 1.807) is 13.4 Å². The predicted octanol–water partition coefficient (Wildman–Crippen LogP) is 0.517. The van der Waals surface area contributed by atoms with Gasteiger partial charge in [-0.3, -0.25) is 4.79 Å². The quantitative estimate of drug-likeness (QED) is 0.740. The van der Waals surface area contributed by atoms with E-state index in [-0.39, 0.29) is 5.91 Å². The summed E-state index contributed by atoms with van der Waals surface area (Å²) in [5, 5.41) is 5.94. The molecule has 5 nitrogen and oxygen atoms in total. The van der Waals surface area contributed by atoms with Gasteiger partial charge in [-0.1, -0.05) is 13.8 Å². The first-order valence-corrected chi connectivity index (χ1v) is 5.56. The number of carbonyl (C=O) groups is 1. The molecule has 1 amide bonds. The summed E-state index contributed by atoms with van der Waals surface area (Å²) in [7, 11) is 1.65. The Kier molecular flexibility index (Phi) is 4.98. The zero-order chi connectivity index (χ0) is 12.0. The summed E-state index contributed by atoms with van der Waals surface area (Å²) in [6, 6.07) is 0.447. The molecule has 0 aliphatic rings. The van der Waals surface area contributed by atoms with E-state index in [0.29, 0.717) is 19.0 Å². The molecule has 0 radical (unpaired) electrons. The van der Waals surface area contributed by atoms with Crippen LogP contribution in [0.5, 0.6) is 0 Å². The van der Waals surface area contributed by atoms with E-state index < -0.39 is 0 Å². The van der Waals surface area contributed by atoms with Crippen molar-refractivity contribution in [2.75, 3.05) is 7.05 Å². The van der Waals surface area contributed by atoms with Crippen molar-refractivity contribution >= 4 is 5.91 Å². The molecule has 0 bridgehead atoms. The third kappa shape index (κ3) is 4.02. The number of aromatic nitrogens is 2. The number of hydrogen-bond acceptors (Lipinski definition) is 3. The third-order valence-corrected chi connectivity index (χ3v) is 2.35. The standard InChI is InChI=1S/C11H20N4O/c1-9(2)14-7-10-6-13-8-15(10)5-4-11(16)12-3/h6,8-9,14H,4-5,7H2,1-3H3,(H,12,16). The van der Waals surface area contributed by atoms with Crippen LogP contribution in [0.4, 0.5) is 0 Å². The van der Waals surface area contributed by atoms with Gasteiger partial charge in [0.25, 0.3) is 0 Å². The smallest absolute Gasteiger partial charge is 0.221 e. The summed E-state index contributed by atoms with van der Waals surface area (Å²) in [6.07, 6.45) is 4.08. The largest absolute Gasteiger partial charge is 0.359 e. The van der Waals surface area contributed by atoms with Gasteiger partial charge in [-0.2, -0.15) is 0 Å². The average Bonchev–Trinajstić information content (AvgIpc) is 2.70. The van der Waals surface area contributed by atoms with Crippen LogP contribution in [0.15, 0.2) is 12.5 Å². The summed E-state index contributed by atoms with van der Waals surface area (Å²) >= 11 is 0. The Hall–Kier alpha value is -1.36. The van der Waals surface area contributed by atoms with Crippen molar-refractivity contribution in [2.45, 2.75) is 39.4 Å². The molecule has 0 spiro atoms. The number of aryl methyl sites for hydroxylation is 1. The number of hydrogen-bond donors (Lipinski definition) is 2. The van der Waals surface area contributed by atoms with Crippen molar-refractivity contribution < 1.29 is 4.79 Å². The van der Waals surface area contributed by atoms with E-state index in [1.165, 1.54) is 0 Å². The Bertz CT molecular complexity index is 332. The number of nitrogens with zero attached hydrogens (tertiary/aromatic N) is 2. The van der Waals surface area contributed by atoms with E-state index in [1.807, 2.05) is 10.8 Å². The fourth-order valence-corrected chi connectivity index (χ4v) is 1.35. The Balaban J connectivity index is 2.47. The lowest BCUT2D eigenvalue weighted by Crippen LogP contribution is -2.24. The molecule has 1 aromatic rings. The van der Waals surface area contributed by atoms with Gasteiger partial charge in [0.15, 0.2) is 0 Å². The lowest BCUT2D eigenvalue weighted by atomic mass is 10.3. The van der Waals surface area contributed by atoms with E-state index in [9.17, 15) is 4.79 Å². The Morgan fingerprint density at radius 1 is 1.56 bits per heavy atom. The van der Waals surface area contributed by atoms with Gasteiger partial charge >= 0.3 is 0 Å². The molecule has 0 aromatic carbocycles. The zero-order valence-electron chi connectivity index (χ0n) is 10.2. The number of carbonyl (C=O) groups excluding carboxylic acids is 1. The highest BCUT2D eigenvalue weighted by Crippen LogP contribution is 2.01. The van der Waals surface area contributed by atoms with Crippen molar-refractivity contribution in [3.05, 3.63) is 18.2 Å². The van der Waals surface area contributed by atoms with Gasteiger partial charge < -0.3 is 15.2 Å². The first kappa shape index (κ1) is 12.7. The van der Waals surface area contributed by atoms with Gasteiger partial charge in [-0.25, -0.2) is 4.98 Å². The first-order valence-electron chi connectivity index (χ1n) is 5.56. The Labute approximate surface area is 96.3 Å². The second-order valence-electron chi connectivity index (χ2n) is 4.04. The van der Waals surface area contributed by atoms with E-state index in [4.69, 9.17) is 0 Å². The molecule has 0 aliphatic heterocycles. The van der Waals surface area contributed by atoms with Gasteiger partial charge in [0.05, 0.1) is 12.0 Å². The van der Waals surface area contributed by atoms with Gasteiger partial charge in [0, 0.05) is 38.8 Å². The van der Waals surface area contributed by atoms with Gasteiger partial charge in [-0.05, 0) is 0 Å². The SMILES string of the molecule is CNC(=O)CCn1cncc1CNC(C)C. The molecule has 1 rings (SSSR count). The second-order valence-corrected chi connectivity index (χ2v) is 4.04. The molecule has 1 aromatic heterocycles. The highest BCUT2D eigenvalue weighted by atomic mass is 16.1. The number of nitrogens with one attached hydrogen (secondary N) is 2. The minimum absolute atomic E-state index is 0.0523. The predicted molar refractivity (Wildman–Crippen MR) is 62.9 cm³/mol. The summed E-state index contributed by atoms with van der Waals surface area (Å²) in [4.78, 5) is 15.2. The lowest BCUT2D eigenvalue weighted by molar-refractivity contribution is -0.120. The number of rotatable bonds is 6. The Morgan fingerprint density at radius 3 is 2.94 bits per heavy atom. The molecule has 0 unspecified atom stereocenters. The number of imidazole rings is 1. The van der Waals surface area contributed by atoms with Crippen LogP contribution >= 0.6 is 0 Å². The molecule has 2 N–H and O–H groups in total. The monoisotopic (exact) mass is 224 g/mol. The topological polar surface area (TPSA) is 59.0 Å². The molecular weight excluding hydrogens is 204 g/mol. The molecule has 0 fully saturated rings. The molecule has 1 heterocycles. The van der Waals surface area contributed by atoms with E-state index >= 15 is 0 Å². The van der Waals surface area contributed by atoms with Crippen LogP contribution in [-0.4, -0.2) is 28.5 Å². The van der Waals surface area contributed by atoms with Crippen LogP contribution in [0.1, 0.15) is 26.0 Å². The van der Waals surface area contributed by atoms with Crippen molar-refractivity contribution in [1.29, 1.82) is 0 Å². The minimum atomic E-state index is 0.0523. The highest BCUT2D eigenvalue weighted by Gasteiger charge is 2.04. The maximum absolute atomic E-state index is 11.1. The maximum Gasteiger partial charge on any atom is 0.221 e. The molecule has 90 valence electrons. The van der Waals surface area contributed by atoms with Gasteiger partial charge in [-0.15, -0.1) is 0 Å². The van der Waals surface area contributed by atoms with Crippen molar-refractivity contribution in [1.82, 2.24) is 20.2 Å². The van der Waals surface area contributed by atoms with E-state index in [2.05, 4.69) is 29.5 Å². The highest BCUT2D eigenvalue weighted by molar-refractivity contribution is 5.75. The number of amides is 1. The van der Waals surface area contributed by atoms with Crippen LogP contribution in [0, 0.1) is 0 Å². The van der Waals surface area contributed by atoms with Crippen LogP contribution < -0.4 is 10.6 Å². The van der Waals surface area contributed by atoms with Crippen molar-refractivity contribution in [2.24, 2.45) is 0 Å². The lowest BCUT2D eigenvalue weighted by Gasteiger charge is -2.10. The average molecular weight is 224 g/mol.